The zero-order valence-corrected chi connectivity index (χ0v) is 11.5. The highest BCUT2D eigenvalue weighted by atomic mass is 15.0. The van der Waals surface area contributed by atoms with Crippen molar-refractivity contribution in [3.05, 3.63) is 35.9 Å². The van der Waals surface area contributed by atoms with Crippen LogP contribution in [0.25, 0.3) is 0 Å². The highest BCUT2D eigenvalue weighted by molar-refractivity contribution is 5.29. The molecule has 3 aliphatic carbocycles. The van der Waals surface area contributed by atoms with Crippen LogP contribution in [0.3, 0.4) is 0 Å². The van der Waals surface area contributed by atoms with E-state index in [0.29, 0.717) is 11.0 Å². The van der Waals surface area contributed by atoms with E-state index in [-0.39, 0.29) is 0 Å². The summed E-state index contributed by atoms with van der Waals surface area (Å²) in [6.07, 6.45) is 9.53. The fourth-order valence-corrected chi connectivity index (χ4v) is 4.07. The molecule has 1 aromatic rings. The molecule has 0 radical (unpaired) electrons. The third-order valence-corrected chi connectivity index (χ3v) is 5.38. The minimum Gasteiger partial charge on any atom is -0.311 e. The predicted octanol–water partition coefficient (Wildman–Crippen LogP) is 4.03. The first-order valence-corrected chi connectivity index (χ1v) is 7.59. The van der Waals surface area contributed by atoms with Crippen molar-refractivity contribution in [3.8, 4) is 0 Å². The molecule has 0 aromatic heterocycles. The van der Waals surface area contributed by atoms with Gasteiger partial charge in [-0.2, -0.15) is 0 Å². The molecular weight excluding hydrogens is 218 g/mol. The smallest absolute Gasteiger partial charge is 0.0182 e. The second kappa shape index (κ2) is 4.70. The highest BCUT2D eigenvalue weighted by Gasteiger charge is 2.48. The molecule has 3 saturated carbocycles. The van der Waals surface area contributed by atoms with Crippen molar-refractivity contribution < 1.29 is 0 Å². The Morgan fingerprint density at radius 3 is 2.11 bits per heavy atom. The van der Waals surface area contributed by atoms with E-state index >= 15 is 0 Å². The van der Waals surface area contributed by atoms with E-state index in [2.05, 4.69) is 42.6 Å². The lowest BCUT2D eigenvalue weighted by molar-refractivity contribution is 0.0775. The lowest BCUT2D eigenvalue weighted by Gasteiger charge is -2.54. The molecule has 2 bridgehead atoms. The van der Waals surface area contributed by atoms with Crippen molar-refractivity contribution in [1.82, 2.24) is 5.32 Å². The Morgan fingerprint density at radius 1 is 0.944 bits per heavy atom. The maximum atomic E-state index is 3.84. The molecule has 1 heteroatoms. The van der Waals surface area contributed by atoms with E-state index in [9.17, 15) is 0 Å². The van der Waals surface area contributed by atoms with Crippen molar-refractivity contribution in [3.63, 3.8) is 0 Å². The molecule has 0 spiro atoms. The summed E-state index contributed by atoms with van der Waals surface area (Å²) in [4.78, 5) is 0. The second-order valence-electron chi connectivity index (χ2n) is 6.35. The van der Waals surface area contributed by atoms with Crippen LogP contribution in [-0.2, 0) is 5.41 Å². The average Bonchev–Trinajstić information content (AvgIpc) is 2.48. The predicted molar refractivity (Wildman–Crippen MR) is 76.8 cm³/mol. The standard InChI is InChI=1S/C17H25N/c1-2-14-18-17-11-8-16(9-12-17,10-13-17)15-6-4-3-5-7-15/h3-7,18H,2,8-14H2,1H3. The van der Waals surface area contributed by atoms with Gasteiger partial charge in [-0.15, -0.1) is 0 Å². The molecule has 98 valence electrons. The lowest BCUT2D eigenvalue weighted by atomic mass is 9.55. The zero-order chi connectivity index (χ0) is 12.5. The Labute approximate surface area is 111 Å². The van der Waals surface area contributed by atoms with Crippen molar-refractivity contribution in [2.24, 2.45) is 0 Å². The Morgan fingerprint density at radius 2 is 1.56 bits per heavy atom. The van der Waals surface area contributed by atoms with Crippen molar-refractivity contribution >= 4 is 0 Å². The van der Waals surface area contributed by atoms with Crippen LogP contribution in [-0.4, -0.2) is 12.1 Å². The highest BCUT2D eigenvalue weighted by Crippen LogP contribution is 2.53. The molecule has 1 aromatic carbocycles. The summed E-state index contributed by atoms with van der Waals surface area (Å²) in [5.41, 5.74) is 2.59. The van der Waals surface area contributed by atoms with Gasteiger partial charge >= 0.3 is 0 Å². The van der Waals surface area contributed by atoms with Gasteiger partial charge in [0, 0.05) is 5.54 Å². The van der Waals surface area contributed by atoms with E-state index in [1.165, 1.54) is 51.5 Å². The maximum absolute atomic E-state index is 3.84. The number of rotatable bonds is 4. The van der Waals surface area contributed by atoms with Gasteiger partial charge in [0.05, 0.1) is 0 Å². The summed E-state index contributed by atoms with van der Waals surface area (Å²) in [7, 11) is 0. The van der Waals surface area contributed by atoms with Gasteiger partial charge in [0.15, 0.2) is 0 Å². The molecule has 1 N–H and O–H groups in total. The van der Waals surface area contributed by atoms with Gasteiger partial charge in [0.25, 0.3) is 0 Å². The fourth-order valence-electron chi connectivity index (χ4n) is 4.07. The molecule has 0 saturated heterocycles. The van der Waals surface area contributed by atoms with E-state index in [1.54, 1.807) is 5.56 Å². The normalized spacial score (nSPS) is 34.7. The molecule has 0 atom stereocenters. The summed E-state index contributed by atoms with van der Waals surface area (Å²) < 4.78 is 0. The monoisotopic (exact) mass is 243 g/mol. The van der Waals surface area contributed by atoms with Crippen LogP contribution in [0.2, 0.25) is 0 Å². The Balaban J connectivity index is 1.75. The first-order chi connectivity index (χ1) is 8.79. The van der Waals surface area contributed by atoms with Gasteiger partial charge < -0.3 is 5.32 Å². The quantitative estimate of drug-likeness (QED) is 0.842. The van der Waals surface area contributed by atoms with Crippen LogP contribution < -0.4 is 5.32 Å². The van der Waals surface area contributed by atoms with Crippen molar-refractivity contribution in [1.29, 1.82) is 0 Å². The summed E-state index contributed by atoms with van der Waals surface area (Å²) in [5, 5.41) is 3.84. The number of hydrogen-bond acceptors (Lipinski definition) is 1. The number of benzene rings is 1. The Bertz CT molecular complexity index is 371. The summed E-state index contributed by atoms with van der Waals surface area (Å²) in [6.45, 7) is 3.46. The first kappa shape index (κ1) is 12.2. The summed E-state index contributed by atoms with van der Waals surface area (Å²) in [5.74, 6) is 0. The molecular formula is C17H25N. The van der Waals surface area contributed by atoms with Crippen molar-refractivity contribution in [2.45, 2.75) is 62.8 Å². The van der Waals surface area contributed by atoms with Gasteiger partial charge in [0.2, 0.25) is 0 Å². The molecule has 3 aliphatic rings. The van der Waals surface area contributed by atoms with Gasteiger partial charge in [-0.1, -0.05) is 37.3 Å². The molecule has 0 amide bonds. The van der Waals surface area contributed by atoms with E-state index in [4.69, 9.17) is 0 Å². The Kier molecular flexibility index (Phi) is 3.19. The molecule has 1 nitrogen and oxygen atoms in total. The van der Waals surface area contributed by atoms with Crippen molar-refractivity contribution in [2.75, 3.05) is 6.54 Å². The number of fused-ring (bicyclic) bond motifs is 3. The van der Waals surface area contributed by atoms with Crippen LogP contribution in [0.1, 0.15) is 57.4 Å². The molecule has 3 fully saturated rings. The number of nitrogens with one attached hydrogen (secondary N) is 1. The Hall–Kier alpha value is -0.820. The second-order valence-corrected chi connectivity index (χ2v) is 6.35. The van der Waals surface area contributed by atoms with Gasteiger partial charge in [-0.3, -0.25) is 0 Å². The molecule has 18 heavy (non-hydrogen) atoms. The lowest BCUT2D eigenvalue weighted by Crippen LogP contribution is -2.56. The van der Waals surface area contributed by atoms with Gasteiger partial charge in [-0.25, -0.2) is 0 Å². The molecule has 0 aliphatic heterocycles. The first-order valence-electron chi connectivity index (χ1n) is 7.59. The SMILES string of the molecule is CCCNC12CCC(c3ccccc3)(CC1)CC2. The van der Waals surface area contributed by atoms with Crippen LogP contribution >= 0.6 is 0 Å². The summed E-state index contributed by atoms with van der Waals surface area (Å²) >= 11 is 0. The maximum Gasteiger partial charge on any atom is 0.0182 e. The van der Waals surface area contributed by atoms with Crippen LogP contribution in [0, 0.1) is 0 Å². The molecule has 0 unspecified atom stereocenters. The minimum atomic E-state index is 0.493. The third kappa shape index (κ3) is 1.99. The average molecular weight is 243 g/mol. The van der Waals surface area contributed by atoms with Crippen LogP contribution in [0.4, 0.5) is 0 Å². The fraction of sp³-hybridized carbons (Fsp3) is 0.647. The largest absolute Gasteiger partial charge is 0.311 e. The zero-order valence-electron chi connectivity index (χ0n) is 11.5. The number of hydrogen-bond donors (Lipinski definition) is 1. The van der Waals surface area contributed by atoms with Crippen LogP contribution in [0.15, 0.2) is 30.3 Å². The molecule has 4 rings (SSSR count). The third-order valence-electron chi connectivity index (χ3n) is 5.38. The topological polar surface area (TPSA) is 12.0 Å². The van der Waals surface area contributed by atoms with Gasteiger partial charge in [-0.05, 0) is 62.5 Å². The van der Waals surface area contributed by atoms with E-state index in [0.717, 1.165) is 0 Å². The van der Waals surface area contributed by atoms with E-state index < -0.39 is 0 Å². The molecule has 0 heterocycles. The van der Waals surface area contributed by atoms with Gasteiger partial charge in [0.1, 0.15) is 0 Å². The van der Waals surface area contributed by atoms with E-state index in [1.807, 2.05) is 0 Å². The summed E-state index contributed by atoms with van der Waals surface area (Å²) in [6, 6.07) is 11.2. The van der Waals surface area contributed by atoms with Crippen LogP contribution in [0.5, 0.6) is 0 Å². The minimum absolute atomic E-state index is 0.493.